The van der Waals surface area contributed by atoms with Gasteiger partial charge < -0.3 is 10.2 Å². The van der Waals surface area contributed by atoms with Gasteiger partial charge in [0.15, 0.2) is 0 Å². The van der Waals surface area contributed by atoms with Gasteiger partial charge in [-0.3, -0.25) is 4.90 Å². The second-order valence-electron chi connectivity index (χ2n) is 6.90. The van der Waals surface area contributed by atoms with Crippen LogP contribution in [0.3, 0.4) is 0 Å². The van der Waals surface area contributed by atoms with Crippen molar-refractivity contribution in [2.45, 2.75) is 57.5 Å². The molecule has 3 aliphatic heterocycles. The van der Waals surface area contributed by atoms with Crippen LogP contribution in [-0.4, -0.2) is 61.2 Å². The monoisotopic (exact) mass is 265 g/mol. The van der Waals surface area contributed by atoms with Gasteiger partial charge in [-0.1, -0.05) is 13.3 Å². The molecule has 0 bridgehead atoms. The number of nitrogens with one attached hydrogen (secondary N) is 1. The van der Waals surface area contributed by atoms with E-state index >= 15 is 0 Å². The summed E-state index contributed by atoms with van der Waals surface area (Å²) in [4.78, 5) is 5.58. The van der Waals surface area contributed by atoms with E-state index in [1.165, 1.54) is 77.8 Å². The van der Waals surface area contributed by atoms with Gasteiger partial charge in [0.1, 0.15) is 0 Å². The fourth-order valence-corrected chi connectivity index (χ4v) is 4.41. The average Bonchev–Trinajstić information content (AvgIpc) is 2.49. The highest BCUT2D eigenvalue weighted by Crippen LogP contribution is 2.25. The first-order chi connectivity index (χ1) is 9.34. The molecule has 3 saturated heterocycles. The Morgan fingerprint density at radius 3 is 2.26 bits per heavy atom. The SMILES string of the molecule is CC1CNCCC1N1CCC(N2CCCCC2)CC1. The zero-order chi connectivity index (χ0) is 13.1. The molecule has 0 aromatic rings. The Labute approximate surface area is 118 Å². The summed E-state index contributed by atoms with van der Waals surface area (Å²) in [6.45, 7) is 10.3. The molecule has 2 atom stereocenters. The van der Waals surface area contributed by atoms with E-state index in [9.17, 15) is 0 Å². The lowest BCUT2D eigenvalue weighted by atomic mass is 9.90. The standard InChI is InChI=1S/C16H31N3/c1-14-13-17-8-5-16(14)19-11-6-15(7-12-19)18-9-3-2-4-10-18/h14-17H,2-13H2,1H3. The summed E-state index contributed by atoms with van der Waals surface area (Å²) in [5.41, 5.74) is 0. The summed E-state index contributed by atoms with van der Waals surface area (Å²) in [6.07, 6.45) is 8.52. The number of hydrogen-bond acceptors (Lipinski definition) is 3. The molecule has 19 heavy (non-hydrogen) atoms. The number of nitrogens with zero attached hydrogens (tertiary/aromatic N) is 2. The van der Waals surface area contributed by atoms with Crippen molar-refractivity contribution in [3.8, 4) is 0 Å². The predicted molar refractivity (Wildman–Crippen MR) is 80.5 cm³/mol. The molecular formula is C16H31N3. The zero-order valence-corrected chi connectivity index (χ0v) is 12.6. The molecule has 0 aromatic carbocycles. The van der Waals surface area contributed by atoms with E-state index in [1.54, 1.807) is 0 Å². The van der Waals surface area contributed by atoms with Gasteiger partial charge in [0, 0.05) is 12.1 Å². The van der Waals surface area contributed by atoms with Crippen LogP contribution in [0.15, 0.2) is 0 Å². The predicted octanol–water partition coefficient (Wildman–Crippen LogP) is 1.93. The van der Waals surface area contributed by atoms with Crippen LogP contribution in [-0.2, 0) is 0 Å². The topological polar surface area (TPSA) is 18.5 Å². The molecule has 0 aromatic heterocycles. The van der Waals surface area contributed by atoms with Crippen LogP contribution in [0.5, 0.6) is 0 Å². The van der Waals surface area contributed by atoms with Crippen LogP contribution in [0.2, 0.25) is 0 Å². The first-order valence-corrected chi connectivity index (χ1v) is 8.53. The number of hydrogen-bond donors (Lipinski definition) is 1. The molecule has 3 fully saturated rings. The van der Waals surface area contributed by atoms with Gasteiger partial charge in [0.05, 0.1) is 0 Å². The normalized spacial score (nSPS) is 36.5. The minimum absolute atomic E-state index is 0.834. The van der Waals surface area contributed by atoms with E-state index < -0.39 is 0 Å². The molecule has 0 amide bonds. The molecule has 0 aliphatic carbocycles. The Balaban J connectivity index is 1.48. The third kappa shape index (κ3) is 3.32. The zero-order valence-electron chi connectivity index (χ0n) is 12.6. The largest absolute Gasteiger partial charge is 0.316 e. The fourth-order valence-electron chi connectivity index (χ4n) is 4.41. The van der Waals surface area contributed by atoms with Crippen molar-refractivity contribution < 1.29 is 0 Å². The molecule has 0 saturated carbocycles. The summed E-state index contributed by atoms with van der Waals surface area (Å²) in [7, 11) is 0. The summed E-state index contributed by atoms with van der Waals surface area (Å²) in [5, 5.41) is 3.53. The van der Waals surface area contributed by atoms with Crippen LogP contribution in [0, 0.1) is 5.92 Å². The molecule has 110 valence electrons. The highest BCUT2D eigenvalue weighted by atomic mass is 15.2. The minimum Gasteiger partial charge on any atom is -0.316 e. The van der Waals surface area contributed by atoms with Crippen molar-refractivity contribution in [3.05, 3.63) is 0 Å². The Morgan fingerprint density at radius 2 is 1.58 bits per heavy atom. The molecule has 2 unspecified atom stereocenters. The molecule has 0 spiro atoms. The van der Waals surface area contributed by atoms with E-state index in [2.05, 4.69) is 22.0 Å². The van der Waals surface area contributed by atoms with Crippen LogP contribution in [0.4, 0.5) is 0 Å². The first kappa shape index (κ1) is 13.8. The highest BCUT2D eigenvalue weighted by molar-refractivity contribution is 4.88. The Kier molecular flexibility index (Phi) is 4.78. The molecule has 3 heteroatoms. The van der Waals surface area contributed by atoms with E-state index in [4.69, 9.17) is 0 Å². The maximum atomic E-state index is 3.53. The average molecular weight is 265 g/mol. The molecule has 0 radical (unpaired) electrons. The molecule has 3 aliphatic rings. The Morgan fingerprint density at radius 1 is 0.842 bits per heavy atom. The van der Waals surface area contributed by atoms with Crippen molar-refractivity contribution in [1.29, 1.82) is 0 Å². The van der Waals surface area contributed by atoms with Crippen molar-refractivity contribution in [2.24, 2.45) is 5.92 Å². The lowest BCUT2D eigenvalue weighted by molar-refractivity contribution is 0.0476. The van der Waals surface area contributed by atoms with Gasteiger partial charge in [-0.15, -0.1) is 0 Å². The van der Waals surface area contributed by atoms with Crippen molar-refractivity contribution >= 4 is 0 Å². The van der Waals surface area contributed by atoms with Crippen LogP contribution in [0.1, 0.15) is 45.4 Å². The molecule has 3 rings (SSSR count). The minimum atomic E-state index is 0.834. The Bertz CT molecular complexity index is 267. The van der Waals surface area contributed by atoms with Crippen LogP contribution < -0.4 is 5.32 Å². The van der Waals surface area contributed by atoms with E-state index in [1.807, 2.05) is 0 Å². The van der Waals surface area contributed by atoms with Gasteiger partial charge in [-0.25, -0.2) is 0 Å². The van der Waals surface area contributed by atoms with E-state index in [-0.39, 0.29) is 0 Å². The number of rotatable bonds is 2. The van der Waals surface area contributed by atoms with Crippen LogP contribution in [0.25, 0.3) is 0 Å². The third-order valence-electron chi connectivity index (χ3n) is 5.62. The second kappa shape index (κ2) is 6.55. The quantitative estimate of drug-likeness (QED) is 0.823. The van der Waals surface area contributed by atoms with E-state index in [0.29, 0.717) is 0 Å². The lowest BCUT2D eigenvalue weighted by Crippen LogP contribution is -2.54. The van der Waals surface area contributed by atoms with Crippen molar-refractivity contribution in [3.63, 3.8) is 0 Å². The molecule has 3 heterocycles. The lowest BCUT2D eigenvalue weighted by Gasteiger charge is -2.45. The summed E-state index contributed by atoms with van der Waals surface area (Å²) >= 11 is 0. The summed E-state index contributed by atoms with van der Waals surface area (Å²) in [5.74, 6) is 0.834. The number of piperidine rings is 3. The van der Waals surface area contributed by atoms with Crippen LogP contribution >= 0.6 is 0 Å². The number of likely N-dealkylation sites (tertiary alicyclic amines) is 2. The van der Waals surface area contributed by atoms with E-state index in [0.717, 1.165) is 18.0 Å². The summed E-state index contributed by atoms with van der Waals surface area (Å²) in [6, 6.07) is 1.75. The first-order valence-electron chi connectivity index (χ1n) is 8.53. The highest BCUT2D eigenvalue weighted by Gasteiger charge is 2.32. The van der Waals surface area contributed by atoms with Gasteiger partial charge in [0.2, 0.25) is 0 Å². The maximum absolute atomic E-state index is 3.53. The third-order valence-corrected chi connectivity index (χ3v) is 5.62. The summed E-state index contributed by atoms with van der Waals surface area (Å²) < 4.78 is 0. The fraction of sp³-hybridized carbons (Fsp3) is 1.00. The van der Waals surface area contributed by atoms with Gasteiger partial charge >= 0.3 is 0 Å². The van der Waals surface area contributed by atoms with Gasteiger partial charge in [0.25, 0.3) is 0 Å². The van der Waals surface area contributed by atoms with Gasteiger partial charge in [-0.2, -0.15) is 0 Å². The molecular weight excluding hydrogens is 234 g/mol. The maximum Gasteiger partial charge on any atom is 0.0145 e. The molecule has 3 nitrogen and oxygen atoms in total. The molecule has 1 N–H and O–H groups in total. The smallest absolute Gasteiger partial charge is 0.0145 e. The van der Waals surface area contributed by atoms with Crippen molar-refractivity contribution in [2.75, 3.05) is 39.3 Å². The Hall–Kier alpha value is -0.120. The van der Waals surface area contributed by atoms with Crippen molar-refractivity contribution in [1.82, 2.24) is 15.1 Å². The van der Waals surface area contributed by atoms with Gasteiger partial charge in [-0.05, 0) is 77.3 Å². The second-order valence-corrected chi connectivity index (χ2v) is 6.90.